The number of nitrogens with one attached hydrogen (secondary N) is 1. The fraction of sp³-hybridized carbons (Fsp3) is 0.571. The fourth-order valence-electron chi connectivity index (χ4n) is 2.06. The van der Waals surface area contributed by atoms with Gasteiger partial charge < -0.3 is 5.32 Å². The first kappa shape index (κ1) is 13.2. The molecule has 1 aromatic carbocycles. The monoisotopic (exact) mass is 223 g/mol. The molecule has 1 unspecified atom stereocenters. The van der Waals surface area contributed by atoms with Crippen LogP contribution in [0.25, 0.3) is 0 Å². The van der Waals surface area contributed by atoms with Crippen molar-refractivity contribution in [2.75, 3.05) is 6.54 Å². The maximum atomic E-state index is 13.4. The molecule has 1 atom stereocenters. The summed E-state index contributed by atoms with van der Waals surface area (Å²) in [6.45, 7) is 11.4. The average molecular weight is 223 g/mol. The van der Waals surface area contributed by atoms with Crippen molar-refractivity contribution in [1.82, 2.24) is 5.32 Å². The number of hydrogen-bond donors (Lipinski definition) is 1. The summed E-state index contributed by atoms with van der Waals surface area (Å²) in [5, 5.41) is 3.43. The Balaban J connectivity index is 3.10. The van der Waals surface area contributed by atoms with Crippen molar-refractivity contribution in [2.24, 2.45) is 5.41 Å². The summed E-state index contributed by atoms with van der Waals surface area (Å²) in [5.74, 6) is -0.151. The normalized spacial score (nSPS) is 13.9. The van der Waals surface area contributed by atoms with Crippen molar-refractivity contribution >= 4 is 0 Å². The number of halogens is 1. The second-order valence-corrected chi connectivity index (χ2v) is 5.42. The van der Waals surface area contributed by atoms with Gasteiger partial charge in [-0.2, -0.15) is 0 Å². The van der Waals surface area contributed by atoms with E-state index >= 15 is 0 Å². The molecule has 0 amide bonds. The number of rotatable bonds is 3. The van der Waals surface area contributed by atoms with Crippen LogP contribution in [0.3, 0.4) is 0 Å². The Bertz CT molecular complexity index is 332. The lowest BCUT2D eigenvalue weighted by Gasteiger charge is -2.32. The van der Waals surface area contributed by atoms with Crippen molar-refractivity contribution in [1.29, 1.82) is 0 Å². The summed E-state index contributed by atoms with van der Waals surface area (Å²) < 4.78 is 13.4. The summed E-state index contributed by atoms with van der Waals surface area (Å²) in [6.07, 6.45) is 0. The molecule has 0 radical (unpaired) electrons. The van der Waals surface area contributed by atoms with Gasteiger partial charge in [0.2, 0.25) is 0 Å². The van der Waals surface area contributed by atoms with Gasteiger partial charge in [0, 0.05) is 6.04 Å². The molecular formula is C14H22FN. The third-order valence-corrected chi connectivity index (χ3v) is 2.67. The molecule has 0 spiro atoms. The van der Waals surface area contributed by atoms with E-state index in [1.165, 1.54) is 0 Å². The van der Waals surface area contributed by atoms with Gasteiger partial charge in [0.05, 0.1) is 0 Å². The molecule has 0 aliphatic rings. The van der Waals surface area contributed by atoms with E-state index in [1.807, 2.05) is 6.92 Å². The molecule has 0 saturated carbocycles. The Morgan fingerprint density at radius 3 is 2.31 bits per heavy atom. The predicted molar refractivity (Wildman–Crippen MR) is 67.0 cm³/mol. The van der Waals surface area contributed by atoms with E-state index in [2.05, 4.69) is 39.1 Å². The van der Waals surface area contributed by atoms with Gasteiger partial charge in [0.1, 0.15) is 5.82 Å². The van der Waals surface area contributed by atoms with Crippen LogP contribution in [0.4, 0.5) is 4.39 Å². The molecule has 2 heteroatoms. The number of benzene rings is 1. The third-order valence-electron chi connectivity index (χ3n) is 2.67. The highest BCUT2D eigenvalue weighted by Crippen LogP contribution is 2.33. The fourth-order valence-corrected chi connectivity index (χ4v) is 2.06. The molecule has 0 bridgehead atoms. The van der Waals surface area contributed by atoms with E-state index in [-0.39, 0.29) is 17.3 Å². The minimum absolute atomic E-state index is 0.0796. The zero-order chi connectivity index (χ0) is 12.3. The molecule has 0 aliphatic carbocycles. The lowest BCUT2D eigenvalue weighted by atomic mass is 9.82. The van der Waals surface area contributed by atoms with E-state index in [0.717, 1.165) is 17.7 Å². The van der Waals surface area contributed by atoms with E-state index in [1.54, 1.807) is 12.1 Å². The Hall–Kier alpha value is -0.890. The lowest BCUT2D eigenvalue weighted by molar-refractivity contribution is 0.276. The van der Waals surface area contributed by atoms with Gasteiger partial charge >= 0.3 is 0 Å². The Kier molecular flexibility index (Phi) is 4.09. The van der Waals surface area contributed by atoms with E-state index in [0.29, 0.717) is 0 Å². The van der Waals surface area contributed by atoms with Crippen LogP contribution >= 0.6 is 0 Å². The van der Waals surface area contributed by atoms with Crippen molar-refractivity contribution < 1.29 is 4.39 Å². The summed E-state index contributed by atoms with van der Waals surface area (Å²) in [6, 6.07) is 5.44. The minimum Gasteiger partial charge on any atom is -0.310 e. The summed E-state index contributed by atoms with van der Waals surface area (Å²) >= 11 is 0. The quantitative estimate of drug-likeness (QED) is 0.821. The van der Waals surface area contributed by atoms with E-state index < -0.39 is 0 Å². The highest BCUT2D eigenvalue weighted by molar-refractivity contribution is 5.27. The SMILES string of the molecule is CCNC(c1cc(C)cc(F)c1)C(C)(C)C. The Morgan fingerprint density at radius 1 is 1.25 bits per heavy atom. The van der Waals surface area contributed by atoms with Crippen LogP contribution in [-0.2, 0) is 0 Å². The summed E-state index contributed by atoms with van der Waals surface area (Å²) in [5.41, 5.74) is 2.09. The maximum absolute atomic E-state index is 13.4. The van der Waals surface area contributed by atoms with Crippen molar-refractivity contribution in [3.05, 3.63) is 35.1 Å². The summed E-state index contributed by atoms with van der Waals surface area (Å²) in [4.78, 5) is 0. The predicted octanol–water partition coefficient (Wildman–Crippen LogP) is 3.83. The standard InChI is InChI=1S/C14H22FN/c1-6-16-13(14(3,4)5)11-7-10(2)8-12(15)9-11/h7-9,13,16H,6H2,1-5H3. The van der Waals surface area contributed by atoms with Crippen molar-refractivity contribution in [3.63, 3.8) is 0 Å². The van der Waals surface area contributed by atoms with Crippen LogP contribution in [0.15, 0.2) is 18.2 Å². The zero-order valence-electron chi connectivity index (χ0n) is 10.9. The van der Waals surface area contributed by atoms with Crippen molar-refractivity contribution in [3.8, 4) is 0 Å². The highest BCUT2D eigenvalue weighted by atomic mass is 19.1. The molecule has 1 nitrogen and oxygen atoms in total. The second kappa shape index (κ2) is 4.96. The third kappa shape index (κ3) is 3.31. The molecule has 0 aromatic heterocycles. The molecule has 1 aromatic rings. The molecule has 1 N–H and O–H groups in total. The summed E-state index contributed by atoms with van der Waals surface area (Å²) in [7, 11) is 0. The van der Waals surface area contributed by atoms with Crippen LogP contribution in [0.5, 0.6) is 0 Å². The Morgan fingerprint density at radius 2 is 1.88 bits per heavy atom. The zero-order valence-corrected chi connectivity index (χ0v) is 10.9. The molecular weight excluding hydrogens is 201 g/mol. The molecule has 0 aliphatic heterocycles. The Labute approximate surface area is 98.1 Å². The van der Waals surface area contributed by atoms with Crippen LogP contribution in [-0.4, -0.2) is 6.54 Å². The molecule has 0 heterocycles. The average Bonchev–Trinajstić information content (AvgIpc) is 2.10. The molecule has 0 fully saturated rings. The van der Waals surface area contributed by atoms with Crippen LogP contribution in [0.2, 0.25) is 0 Å². The van der Waals surface area contributed by atoms with Gasteiger partial charge in [-0.15, -0.1) is 0 Å². The van der Waals surface area contributed by atoms with E-state index in [9.17, 15) is 4.39 Å². The first-order valence-electron chi connectivity index (χ1n) is 5.85. The topological polar surface area (TPSA) is 12.0 Å². The van der Waals surface area contributed by atoms with Crippen LogP contribution < -0.4 is 5.32 Å². The first-order chi connectivity index (χ1) is 7.34. The van der Waals surface area contributed by atoms with E-state index in [4.69, 9.17) is 0 Å². The molecule has 16 heavy (non-hydrogen) atoms. The van der Waals surface area contributed by atoms with Gasteiger partial charge in [-0.05, 0) is 42.1 Å². The van der Waals surface area contributed by atoms with Gasteiger partial charge in [-0.3, -0.25) is 0 Å². The minimum atomic E-state index is -0.151. The maximum Gasteiger partial charge on any atom is 0.123 e. The molecule has 90 valence electrons. The van der Waals surface area contributed by atoms with Crippen LogP contribution in [0.1, 0.15) is 44.9 Å². The molecule has 1 rings (SSSR count). The lowest BCUT2D eigenvalue weighted by Crippen LogP contribution is -2.32. The van der Waals surface area contributed by atoms with Gasteiger partial charge in [-0.1, -0.05) is 33.8 Å². The van der Waals surface area contributed by atoms with Crippen LogP contribution in [0, 0.1) is 18.2 Å². The smallest absolute Gasteiger partial charge is 0.123 e. The van der Waals surface area contributed by atoms with Gasteiger partial charge in [-0.25, -0.2) is 4.39 Å². The first-order valence-corrected chi connectivity index (χ1v) is 5.85. The van der Waals surface area contributed by atoms with Gasteiger partial charge in [0.25, 0.3) is 0 Å². The van der Waals surface area contributed by atoms with Gasteiger partial charge in [0.15, 0.2) is 0 Å². The highest BCUT2D eigenvalue weighted by Gasteiger charge is 2.25. The second-order valence-electron chi connectivity index (χ2n) is 5.42. The largest absolute Gasteiger partial charge is 0.310 e. The number of aryl methyl sites for hydroxylation is 1. The molecule has 0 saturated heterocycles. The number of hydrogen-bond acceptors (Lipinski definition) is 1. The van der Waals surface area contributed by atoms with Crippen molar-refractivity contribution in [2.45, 2.75) is 40.7 Å².